The third kappa shape index (κ3) is 3.46. The molecule has 0 aliphatic carbocycles. The highest BCUT2D eigenvalue weighted by molar-refractivity contribution is 6.31. The van der Waals surface area contributed by atoms with Crippen LogP contribution >= 0.6 is 11.6 Å². The van der Waals surface area contributed by atoms with E-state index in [0.717, 1.165) is 5.56 Å². The third-order valence-electron chi connectivity index (χ3n) is 4.48. The molecule has 1 aliphatic heterocycles. The minimum Gasteiger partial charge on any atom is -0.495 e. The maximum absolute atomic E-state index is 12.9. The second-order valence-corrected chi connectivity index (χ2v) is 6.44. The molecule has 1 heterocycles. The number of hydrogen-bond donors (Lipinski definition) is 1. The van der Waals surface area contributed by atoms with Gasteiger partial charge in [0.2, 0.25) is 11.8 Å². The first kappa shape index (κ1) is 17.3. The second kappa shape index (κ2) is 7.15. The minimum absolute atomic E-state index is 0.0490. The number of carbonyl (C=O) groups is 2. The number of rotatable bonds is 4. The topological polar surface area (TPSA) is 58.6 Å². The summed E-state index contributed by atoms with van der Waals surface area (Å²) in [6.45, 7) is 0. The molecule has 2 amide bonds. The molecule has 1 fully saturated rings. The summed E-state index contributed by atoms with van der Waals surface area (Å²) in [5.74, 6) is -0.241. The van der Waals surface area contributed by atoms with Gasteiger partial charge >= 0.3 is 0 Å². The zero-order valence-electron chi connectivity index (χ0n) is 14.0. The van der Waals surface area contributed by atoms with Gasteiger partial charge in [0.1, 0.15) is 5.75 Å². The molecule has 2 aromatic carbocycles. The Hall–Kier alpha value is -2.53. The van der Waals surface area contributed by atoms with E-state index in [1.807, 2.05) is 30.3 Å². The number of ether oxygens (including phenoxy) is 1. The Labute approximate surface area is 151 Å². The fraction of sp³-hybridized carbons (Fsp3) is 0.263. The van der Waals surface area contributed by atoms with Crippen LogP contribution in [0, 0.1) is 5.92 Å². The van der Waals surface area contributed by atoms with Crippen molar-refractivity contribution in [1.29, 1.82) is 0 Å². The molecule has 0 saturated carbocycles. The van der Waals surface area contributed by atoms with E-state index in [9.17, 15) is 9.59 Å². The van der Waals surface area contributed by atoms with E-state index in [0.29, 0.717) is 16.5 Å². The maximum atomic E-state index is 12.9. The number of nitrogens with zero attached hydrogens (tertiary/aromatic N) is 1. The smallest absolute Gasteiger partial charge is 0.230 e. The summed E-state index contributed by atoms with van der Waals surface area (Å²) in [5, 5.41) is 3.35. The molecule has 2 aromatic rings. The van der Waals surface area contributed by atoms with Gasteiger partial charge in [-0.05, 0) is 23.8 Å². The van der Waals surface area contributed by atoms with Crippen molar-refractivity contribution in [2.24, 2.45) is 5.92 Å². The lowest BCUT2D eigenvalue weighted by Gasteiger charge is -2.25. The van der Waals surface area contributed by atoms with Gasteiger partial charge in [0.25, 0.3) is 0 Å². The van der Waals surface area contributed by atoms with E-state index in [1.54, 1.807) is 30.1 Å². The Kier molecular flexibility index (Phi) is 4.95. The van der Waals surface area contributed by atoms with Crippen LogP contribution in [0.2, 0.25) is 5.02 Å². The van der Waals surface area contributed by atoms with E-state index >= 15 is 0 Å². The first-order valence-corrected chi connectivity index (χ1v) is 8.34. The standard InChI is InChI=1S/C19H19ClN2O3/c1-22-17(23)11-14(18(22)12-6-4-3-5-7-12)19(24)21-15-10-13(20)8-9-16(15)25-2/h3-10,14,18H,11H2,1-2H3,(H,21,24)/t14-,18+/m0/s1. The number of methoxy groups -OCH3 is 1. The van der Waals surface area contributed by atoms with Crippen molar-refractivity contribution in [2.75, 3.05) is 19.5 Å². The highest BCUT2D eigenvalue weighted by Crippen LogP contribution is 2.38. The monoisotopic (exact) mass is 358 g/mol. The number of benzene rings is 2. The molecule has 1 saturated heterocycles. The van der Waals surface area contributed by atoms with Crippen molar-refractivity contribution in [3.8, 4) is 5.75 Å². The van der Waals surface area contributed by atoms with Crippen LogP contribution in [-0.2, 0) is 9.59 Å². The van der Waals surface area contributed by atoms with Gasteiger partial charge in [-0.15, -0.1) is 0 Å². The zero-order chi connectivity index (χ0) is 18.0. The highest BCUT2D eigenvalue weighted by atomic mass is 35.5. The SMILES string of the molecule is COc1ccc(Cl)cc1NC(=O)[C@H]1CC(=O)N(C)[C@@H]1c1ccccc1. The van der Waals surface area contributed by atoms with E-state index in [2.05, 4.69) is 5.32 Å². The van der Waals surface area contributed by atoms with Gasteiger partial charge in [-0.25, -0.2) is 0 Å². The largest absolute Gasteiger partial charge is 0.495 e. The molecular weight excluding hydrogens is 340 g/mol. The Morgan fingerprint density at radius 3 is 2.64 bits per heavy atom. The molecule has 5 nitrogen and oxygen atoms in total. The number of carbonyl (C=O) groups excluding carboxylic acids is 2. The summed E-state index contributed by atoms with van der Waals surface area (Å²) in [6, 6.07) is 14.3. The number of anilines is 1. The van der Waals surface area contributed by atoms with Crippen LogP contribution in [0.5, 0.6) is 5.75 Å². The van der Waals surface area contributed by atoms with E-state index < -0.39 is 5.92 Å². The minimum atomic E-state index is -0.483. The summed E-state index contributed by atoms with van der Waals surface area (Å²) in [7, 11) is 3.26. The Balaban J connectivity index is 1.88. The summed E-state index contributed by atoms with van der Waals surface area (Å²) < 4.78 is 5.27. The number of halogens is 1. The number of amides is 2. The van der Waals surface area contributed by atoms with Gasteiger partial charge in [-0.1, -0.05) is 41.9 Å². The Bertz CT molecular complexity index is 795. The first-order valence-electron chi connectivity index (χ1n) is 7.96. The molecule has 2 atom stereocenters. The molecule has 3 rings (SSSR count). The van der Waals surface area contributed by atoms with Gasteiger partial charge in [-0.2, -0.15) is 0 Å². The van der Waals surface area contributed by atoms with Crippen molar-refractivity contribution in [3.05, 3.63) is 59.1 Å². The highest BCUT2D eigenvalue weighted by Gasteiger charge is 2.42. The van der Waals surface area contributed by atoms with Crippen LogP contribution in [0.4, 0.5) is 5.69 Å². The van der Waals surface area contributed by atoms with Crippen molar-refractivity contribution in [3.63, 3.8) is 0 Å². The average molecular weight is 359 g/mol. The molecule has 6 heteroatoms. The molecule has 1 N–H and O–H groups in total. The molecule has 0 aromatic heterocycles. The summed E-state index contributed by atoms with van der Waals surface area (Å²) in [6.07, 6.45) is 0.171. The average Bonchev–Trinajstić information content (AvgIpc) is 2.91. The molecule has 0 bridgehead atoms. The lowest BCUT2D eigenvalue weighted by atomic mass is 9.93. The quantitative estimate of drug-likeness (QED) is 0.909. The van der Waals surface area contributed by atoms with Crippen LogP contribution in [0.25, 0.3) is 0 Å². The van der Waals surface area contributed by atoms with Crippen molar-refractivity contribution < 1.29 is 14.3 Å². The van der Waals surface area contributed by atoms with Crippen molar-refractivity contribution in [2.45, 2.75) is 12.5 Å². The van der Waals surface area contributed by atoms with Crippen LogP contribution in [0.15, 0.2) is 48.5 Å². The van der Waals surface area contributed by atoms with Crippen LogP contribution in [0.1, 0.15) is 18.0 Å². The lowest BCUT2D eigenvalue weighted by molar-refractivity contribution is -0.127. The predicted molar refractivity (Wildman–Crippen MR) is 96.7 cm³/mol. The van der Waals surface area contributed by atoms with E-state index in [4.69, 9.17) is 16.3 Å². The summed E-state index contributed by atoms with van der Waals surface area (Å²) in [4.78, 5) is 26.7. The van der Waals surface area contributed by atoms with Crippen LogP contribution in [-0.4, -0.2) is 30.9 Å². The normalized spacial score (nSPS) is 19.8. The third-order valence-corrected chi connectivity index (χ3v) is 4.72. The molecule has 130 valence electrons. The van der Waals surface area contributed by atoms with E-state index in [-0.39, 0.29) is 24.3 Å². The van der Waals surface area contributed by atoms with Gasteiger partial charge < -0.3 is 15.0 Å². The van der Waals surface area contributed by atoms with Gasteiger partial charge in [0, 0.05) is 18.5 Å². The second-order valence-electron chi connectivity index (χ2n) is 6.00. The van der Waals surface area contributed by atoms with Crippen LogP contribution in [0.3, 0.4) is 0 Å². The summed E-state index contributed by atoms with van der Waals surface area (Å²) in [5.41, 5.74) is 1.43. The van der Waals surface area contributed by atoms with E-state index in [1.165, 1.54) is 7.11 Å². The number of likely N-dealkylation sites (tertiary alicyclic amines) is 1. The Morgan fingerprint density at radius 1 is 1.24 bits per heavy atom. The maximum Gasteiger partial charge on any atom is 0.230 e. The Morgan fingerprint density at radius 2 is 1.96 bits per heavy atom. The molecule has 0 unspecified atom stereocenters. The zero-order valence-corrected chi connectivity index (χ0v) is 14.8. The lowest BCUT2D eigenvalue weighted by Crippen LogP contribution is -2.30. The molecule has 0 radical (unpaired) electrons. The first-order chi connectivity index (χ1) is 12.0. The molecule has 1 aliphatic rings. The van der Waals surface area contributed by atoms with Gasteiger partial charge in [-0.3, -0.25) is 9.59 Å². The van der Waals surface area contributed by atoms with Crippen molar-refractivity contribution >= 4 is 29.1 Å². The number of hydrogen-bond acceptors (Lipinski definition) is 3. The van der Waals surface area contributed by atoms with Gasteiger partial charge in [0.15, 0.2) is 0 Å². The number of nitrogens with one attached hydrogen (secondary N) is 1. The molecule has 25 heavy (non-hydrogen) atoms. The summed E-state index contributed by atoms with van der Waals surface area (Å²) >= 11 is 6.02. The fourth-order valence-electron chi connectivity index (χ4n) is 3.21. The molecular formula is C19H19ClN2O3. The van der Waals surface area contributed by atoms with Crippen LogP contribution < -0.4 is 10.1 Å². The van der Waals surface area contributed by atoms with Crippen molar-refractivity contribution in [1.82, 2.24) is 4.90 Å². The van der Waals surface area contributed by atoms with Gasteiger partial charge in [0.05, 0.1) is 24.8 Å². The fourth-order valence-corrected chi connectivity index (χ4v) is 3.39. The predicted octanol–water partition coefficient (Wildman–Crippen LogP) is 3.51. The molecule has 0 spiro atoms.